The zero-order chi connectivity index (χ0) is 19.5. The number of aryl methyl sites for hydroxylation is 3. The van der Waals surface area contributed by atoms with Gasteiger partial charge >= 0.3 is 5.97 Å². The summed E-state index contributed by atoms with van der Waals surface area (Å²) in [6.07, 6.45) is 3.27. The summed E-state index contributed by atoms with van der Waals surface area (Å²) in [5.74, 6) is -1.07. The maximum atomic E-state index is 12.3. The molecule has 1 aliphatic carbocycles. The molecule has 0 atom stereocenters. The largest absolute Gasteiger partial charge is 0.451 e. The highest BCUT2D eigenvalue weighted by molar-refractivity contribution is 5.95. The minimum Gasteiger partial charge on any atom is -0.451 e. The van der Waals surface area contributed by atoms with Crippen LogP contribution in [0.4, 0.5) is 5.69 Å². The van der Waals surface area contributed by atoms with Gasteiger partial charge in [-0.3, -0.25) is 4.79 Å². The smallest absolute Gasteiger partial charge is 0.361 e. The molecule has 0 fully saturated rings. The Morgan fingerprint density at radius 1 is 1.07 bits per heavy atom. The third-order valence-corrected chi connectivity index (χ3v) is 4.68. The minimum atomic E-state index is -0.677. The molecular formula is C21H20N4O3. The van der Waals surface area contributed by atoms with Crippen LogP contribution in [0.3, 0.4) is 0 Å². The fraction of sp³-hybridized carbons (Fsp3) is 0.238. The van der Waals surface area contributed by atoms with Crippen molar-refractivity contribution < 1.29 is 14.3 Å². The Balaban J connectivity index is 1.36. The van der Waals surface area contributed by atoms with E-state index in [1.807, 2.05) is 48.5 Å². The number of fused-ring (bicyclic) bond motifs is 1. The molecule has 0 bridgehead atoms. The Hall–Kier alpha value is -3.48. The number of anilines is 1. The molecule has 7 heteroatoms. The molecule has 0 spiro atoms. The zero-order valence-corrected chi connectivity index (χ0v) is 15.5. The molecule has 28 heavy (non-hydrogen) atoms. The van der Waals surface area contributed by atoms with Gasteiger partial charge in [-0.1, -0.05) is 24.3 Å². The number of ether oxygens (including phenoxy) is 1. The average molecular weight is 376 g/mol. The van der Waals surface area contributed by atoms with Gasteiger partial charge in [0.1, 0.15) is 0 Å². The first-order chi connectivity index (χ1) is 13.6. The van der Waals surface area contributed by atoms with Gasteiger partial charge in [0, 0.05) is 5.69 Å². The maximum absolute atomic E-state index is 12.3. The standard InChI is InChI=1S/C21H20N4O3/c1-14-20(24-25(23-14)18-8-3-2-4-9-18)21(27)28-13-19(26)22-17-11-10-15-6-5-7-16(15)12-17/h2-4,8-12H,5-7,13H2,1H3,(H,22,26). The van der Waals surface area contributed by atoms with Crippen LogP contribution in [-0.4, -0.2) is 33.5 Å². The van der Waals surface area contributed by atoms with E-state index in [1.165, 1.54) is 15.9 Å². The van der Waals surface area contributed by atoms with Gasteiger partial charge in [-0.25, -0.2) is 4.79 Å². The van der Waals surface area contributed by atoms with Gasteiger partial charge < -0.3 is 10.1 Å². The molecule has 2 aromatic carbocycles. The lowest BCUT2D eigenvalue weighted by Crippen LogP contribution is -2.21. The molecule has 0 unspecified atom stereocenters. The summed E-state index contributed by atoms with van der Waals surface area (Å²) in [5.41, 5.74) is 4.58. The van der Waals surface area contributed by atoms with E-state index in [2.05, 4.69) is 15.5 Å². The molecule has 142 valence electrons. The zero-order valence-electron chi connectivity index (χ0n) is 15.5. The molecule has 7 nitrogen and oxygen atoms in total. The van der Waals surface area contributed by atoms with E-state index in [0.29, 0.717) is 11.4 Å². The van der Waals surface area contributed by atoms with Crippen LogP contribution in [-0.2, 0) is 22.4 Å². The second kappa shape index (κ2) is 7.64. The first kappa shape index (κ1) is 17.9. The molecule has 0 saturated carbocycles. The van der Waals surface area contributed by atoms with Gasteiger partial charge in [0.25, 0.3) is 5.91 Å². The van der Waals surface area contributed by atoms with Crippen LogP contribution in [0.25, 0.3) is 5.69 Å². The quantitative estimate of drug-likeness (QED) is 0.692. The normalized spacial score (nSPS) is 12.5. The Bertz CT molecular complexity index is 1030. The van der Waals surface area contributed by atoms with Crippen molar-refractivity contribution in [2.24, 2.45) is 0 Å². The van der Waals surface area contributed by atoms with Crippen molar-refractivity contribution in [3.8, 4) is 5.69 Å². The molecule has 1 heterocycles. The second-order valence-corrected chi connectivity index (χ2v) is 6.72. The monoisotopic (exact) mass is 376 g/mol. The van der Waals surface area contributed by atoms with Crippen LogP contribution in [0.15, 0.2) is 48.5 Å². The maximum Gasteiger partial charge on any atom is 0.361 e. The number of nitrogens with one attached hydrogen (secondary N) is 1. The summed E-state index contributed by atoms with van der Waals surface area (Å²) >= 11 is 0. The Morgan fingerprint density at radius 2 is 1.86 bits per heavy atom. The summed E-state index contributed by atoms with van der Waals surface area (Å²) in [6, 6.07) is 15.2. The number of para-hydroxylation sites is 1. The van der Waals surface area contributed by atoms with Crippen LogP contribution in [0, 0.1) is 6.92 Å². The predicted molar refractivity (Wildman–Crippen MR) is 103 cm³/mol. The number of amides is 1. The van der Waals surface area contributed by atoms with Crippen LogP contribution >= 0.6 is 0 Å². The van der Waals surface area contributed by atoms with E-state index in [-0.39, 0.29) is 18.2 Å². The molecular weight excluding hydrogens is 356 g/mol. The first-order valence-corrected chi connectivity index (χ1v) is 9.18. The van der Waals surface area contributed by atoms with Crippen LogP contribution in [0.2, 0.25) is 0 Å². The van der Waals surface area contributed by atoms with Crippen molar-refractivity contribution in [1.29, 1.82) is 0 Å². The number of carbonyl (C=O) groups excluding carboxylic acids is 2. The van der Waals surface area contributed by atoms with Gasteiger partial charge in [0.15, 0.2) is 12.3 Å². The number of aromatic nitrogens is 3. The molecule has 0 radical (unpaired) electrons. The van der Waals surface area contributed by atoms with Gasteiger partial charge in [0.2, 0.25) is 0 Å². The highest BCUT2D eigenvalue weighted by Gasteiger charge is 2.19. The topological polar surface area (TPSA) is 86.1 Å². The molecule has 1 aliphatic rings. The van der Waals surface area contributed by atoms with Crippen LogP contribution in [0.5, 0.6) is 0 Å². The summed E-state index contributed by atoms with van der Waals surface area (Å²) < 4.78 is 5.12. The first-order valence-electron chi connectivity index (χ1n) is 9.18. The fourth-order valence-electron chi connectivity index (χ4n) is 3.29. The summed E-state index contributed by atoms with van der Waals surface area (Å²) in [7, 11) is 0. The number of carbonyl (C=O) groups is 2. The number of benzene rings is 2. The molecule has 1 N–H and O–H groups in total. The number of hydrogen-bond donors (Lipinski definition) is 1. The summed E-state index contributed by atoms with van der Waals surface area (Å²) in [5, 5.41) is 11.2. The van der Waals surface area contributed by atoms with E-state index in [4.69, 9.17) is 4.74 Å². The van der Waals surface area contributed by atoms with Gasteiger partial charge in [-0.05, 0) is 61.6 Å². The van der Waals surface area contributed by atoms with E-state index >= 15 is 0 Å². The van der Waals surface area contributed by atoms with Crippen LogP contribution < -0.4 is 5.32 Å². The Kier molecular flexibility index (Phi) is 4.89. The third-order valence-electron chi connectivity index (χ3n) is 4.68. The SMILES string of the molecule is Cc1nn(-c2ccccc2)nc1C(=O)OCC(=O)Nc1ccc2c(c1)CCC2. The lowest BCUT2D eigenvalue weighted by molar-refractivity contribution is -0.119. The van der Waals surface area contributed by atoms with Crippen molar-refractivity contribution >= 4 is 17.6 Å². The lowest BCUT2D eigenvalue weighted by Gasteiger charge is -2.08. The van der Waals surface area contributed by atoms with Gasteiger partial charge in [0.05, 0.1) is 11.4 Å². The highest BCUT2D eigenvalue weighted by Crippen LogP contribution is 2.24. The van der Waals surface area contributed by atoms with Crippen molar-refractivity contribution in [2.75, 3.05) is 11.9 Å². The molecule has 4 rings (SSSR count). The second-order valence-electron chi connectivity index (χ2n) is 6.72. The molecule has 0 saturated heterocycles. The Morgan fingerprint density at radius 3 is 2.68 bits per heavy atom. The van der Waals surface area contributed by atoms with Crippen LogP contribution in [0.1, 0.15) is 33.7 Å². The van der Waals surface area contributed by atoms with E-state index in [0.717, 1.165) is 24.9 Å². The summed E-state index contributed by atoms with van der Waals surface area (Å²) in [6.45, 7) is 1.29. The van der Waals surface area contributed by atoms with Crippen molar-refractivity contribution in [3.63, 3.8) is 0 Å². The van der Waals surface area contributed by atoms with Gasteiger partial charge in [-0.2, -0.15) is 9.90 Å². The molecule has 0 aliphatic heterocycles. The fourth-order valence-corrected chi connectivity index (χ4v) is 3.29. The summed E-state index contributed by atoms with van der Waals surface area (Å²) in [4.78, 5) is 25.8. The van der Waals surface area contributed by atoms with E-state index in [1.54, 1.807) is 6.92 Å². The number of hydrogen-bond acceptors (Lipinski definition) is 5. The van der Waals surface area contributed by atoms with Crippen molar-refractivity contribution in [3.05, 3.63) is 71.0 Å². The average Bonchev–Trinajstić information content (AvgIpc) is 3.33. The Labute approximate surface area is 162 Å². The molecule has 3 aromatic rings. The third kappa shape index (κ3) is 3.78. The number of rotatable bonds is 5. The van der Waals surface area contributed by atoms with E-state index < -0.39 is 5.97 Å². The van der Waals surface area contributed by atoms with Crippen molar-refractivity contribution in [1.82, 2.24) is 15.0 Å². The van der Waals surface area contributed by atoms with Crippen molar-refractivity contribution in [2.45, 2.75) is 26.2 Å². The van der Waals surface area contributed by atoms with Gasteiger partial charge in [-0.15, -0.1) is 5.10 Å². The minimum absolute atomic E-state index is 0.0918. The lowest BCUT2D eigenvalue weighted by atomic mass is 10.1. The number of nitrogens with zero attached hydrogens (tertiary/aromatic N) is 3. The number of esters is 1. The molecule has 1 aromatic heterocycles. The highest BCUT2D eigenvalue weighted by atomic mass is 16.5. The van der Waals surface area contributed by atoms with E-state index in [9.17, 15) is 9.59 Å². The molecule has 1 amide bonds. The predicted octanol–water partition coefficient (Wildman–Crippen LogP) is 2.86.